The van der Waals surface area contributed by atoms with Gasteiger partial charge >= 0.3 is 5.97 Å². The van der Waals surface area contributed by atoms with Crippen molar-refractivity contribution in [1.82, 2.24) is 0 Å². The number of para-hydroxylation sites is 1. The lowest BCUT2D eigenvalue weighted by molar-refractivity contribution is -0.142. The fourth-order valence-electron chi connectivity index (χ4n) is 2.77. The van der Waals surface area contributed by atoms with E-state index in [0.29, 0.717) is 29.4 Å². The summed E-state index contributed by atoms with van der Waals surface area (Å²) in [7, 11) is 0. The molecule has 0 saturated carbocycles. The zero-order valence-electron chi connectivity index (χ0n) is 16.6. The van der Waals surface area contributed by atoms with Crippen LogP contribution < -0.4 is 19.5 Å². The number of rotatable bonds is 8. The Balaban J connectivity index is 1.59. The van der Waals surface area contributed by atoms with Gasteiger partial charge < -0.3 is 24.3 Å². The van der Waals surface area contributed by atoms with Crippen LogP contribution >= 0.6 is 0 Å². The summed E-state index contributed by atoms with van der Waals surface area (Å²) >= 11 is 0. The molecule has 0 unspecified atom stereocenters. The molecule has 1 heterocycles. The van der Waals surface area contributed by atoms with Crippen LogP contribution in [0, 0.1) is 0 Å². The van der Waals surface area contributed by atoms with Crippen LogP contribution in [0.3, 0.4) is 0 Å². The van der Waals surface area contributed by atoms with E-state index in [1.165, 1.54) is 25.1 Å². The second-order valence-electron chi connectivity index (χ2n) is 6.27. The van der Waals surface area contributed by atoms with E-state index in [0.717, 1.165) is 0 Å². The molecule has 156 valence electrons. The first kappa shape index (κ1) is 20.9. The number of carbonyl (C=O) groups is 3. The van der Waals surface area contributed by atoms with Crippen molar-refractivity contribution in [2.45, 2.75) is 13.8 Å². The summed E-state index contributed by atoms with van der Waals surface area (Å²) in [4.78, 5) is 36.0. The molecule has 8 heteroatoms. The Morgan fingerprint density at radius 2 is 1.87 bits per heavy atom. The number of ketones is 1. The maximum Gasteiger partial charge on any atom is 0.331 e. The van der Waals surface area contributed by atoms with Gasteiger partial charge in [-0.25, -0.2) is 4.79 Å². The summed E-state index contributed by atoms with van der Waals surface area (Å²) in [6.45, 7) is 3.27. The minimum absolute atomic E-state index is 0.0421. The molecular formula is C22H21NO7. The van der Waals surface area contributed by atoms with E-state index in [9.17, 15) is 14.4 Å². The van der Waals surface area contributed by atoms with Crippen molar-refractivity contribution in [3.8, 4) is 17.2 Å². The summed E-state index contributed by atoms with van der Waals surface area (Å²) in [5.41, 5.74) is 1.24. The van der Waals surface area contributed by atoms with E-state index in [4.69, 9.17) is 18.9 Å². The van der Waals surface area contributed by atoms with Gasteiger partial charge in [0.25, 0.3) is 5.91 Å². The van der Waals surface area contributed by atoms with Crippen molar-refractivity contribution in [3.63, 3.8) is 0 Å². The molecule has 3 rings (SSSR count). The Morgan fingerprint density at radius 1 is 1.13 bits per heavy atom. The van der Waals surface area contributed by atoms with E-state index in [1.54, 1.807) is 18.2 Å². The van der Waals surface area contributed by atoms with Crippen LogP contribution in [0.25, 0.3) is 6.08 Å². The van der Waals surface area contributed by atoms with Crippen molar-refractivity contribution in [3.05, 3.63) is 53.6 Å². The summed E-state index contributed by atoms with van der Waals surface area (Å²) in [5.74, 6) is -0.0371. The smallest absolute Gasteiger partial charge is 0.331 e. The van der Waals surface area contributed by atoms with Gasteiger partial charge in [-0.3, -0.25) is 9.59 Å². The lowest BCUT2D eigenvalue weighted by atomic mass is 10.1. The largest absolute Gasteiger partial charge is 0.493 e. The number of benzene rings is 2. The number of esters is 1. The van der Waals surface area contributed by atoms with Gasteiger partial charge in [0, 0.05) is 23.3 Å². The molecular weight excluding hydrogens is 390 g/mol. The van der Waals surface area contributed by atoms with Crippen LogP contribution in [-0.2, 0) is 14.3 Å². The molecule has 8 nitrogen and oxygen atoms in total. The third-order valence-electron chi connectivity index (χ3n) is 4.13. The summed E-state index contributed by atoms with van der Waals surface area (Å²) < 4.78 is 21.0. The topological polar surface area (TPSA) is 100 Å². The Labute approximate surface area is 173 Å². The molecule has 1 N–H and O–H groups in total. The van der Waals surface area contributed by atoms with Gasteiger partial charge in [0.15, 0.2) is 23.9 Å². The van der Waals surface area contributed by atoms with Crippen molar-refractivity contribution < 1.29 is 33.3 Å². The van der Waals surface area contributed by atoms with Crippen LogP contribution in [0.4, 0.5) is 5.69 Å². The highest BCUT2D eigenvalue weighted by Crippen LogP contribution is 2.37. The van der Waals surface area contributed by atoms with Gasteiger partial charge in [0.05, 0.1) is 12.3 Å². The van der Waals surface area contributed by atoms with Crippen LogP contribution in [0.5, 0.6) is 17.2 Å². The first-order valence-electron chi connectivity index (χ1n) is 9.29. The number of hydrogen-bond donors (Lipinski definition) is 1. The first-order valence-corrected chi connectivity index (χ1v) is 9.29. The molecule has 1 aliphatic heterocycles. The Morgan fingerprint density at radius 3 is 2.60 bits per heavy atom. The molecule has 0 spiro atoms. The van der Waals surface area contributed by atoms with Crippen LogP contribution in [0.15, 0.2) is 42.5 Å². The monoisotopic (exact) mass is 411 g/mol. The van der Waals surface area contributed by atoms with Crippen LogP contribution in [0.2, 0.25) is 0 Å². The lowest BCUT2D eigenvalue weighted by Crippen LogP contribution is -2.21. The van der Waals surface area contributed by atoms with Crippen molar-refractivity contribution >= 4 is 29.4 Å². The Bertz CT molecular complexity index is 997. The number of ether oxygens (including phenoxy) is 4. The molecule has 1 amide bonds. The SMILES string of the molecule is CCOc1ccccc1/C=C/C(=O)OCC(=O)Nc1cc2c(cc1C(C)=O)OCO2. The van der Waals surface area contributed by atoms with E-state index in [1.807, 2.05) is 19.1 Å². The predicted molar refractivity (Wildman–Crippen MR) is 109 cm³/mol. The van der Waals surface area contributed by atoms with Gasteiger partial charge in [-0.2, -0.15) is 0 Å². The van der Waals surface area contributed by atoms with Crippen LogP contribution in [0.1, 0.15) is 29.8 Å². The summed E-state index contributed by atoms with van der Waals surface area (Å²) in [5, 5.41) is 2.56. The summed E-state index contributed by atoms with van der Waals surface area (Å²) in [6.07, 6.45) is 2.77. The molecule has 0 fully saturated rings. The van der Waals surface area contributed by atoms with Crippen molar-refractivity contribution in [2.24, 2.45) is 0 Å². The molecule has 0 saturated heterocycles. The van der Waals surface area contributed by atoms with Gasteiger partial charge in [-0.05, 0) is 32.1 Å². The van der Waals surface area contributed by atoms with Gasteiger partial charge in [-0.15, -0.1) is 0 Å². The molecule has 2 aromatic carbocycles. The fourth-order valence-corrected chi connectivity index (χ4v) is 2.77. The molecule has 1 aliphatic rings. The van der Waals surface area contributed by atoms with Gasteiger partial charge in [0.2, 0.25) is 6.79 Å². The second kappa shape index (κ2) is 9.60. The minimum Gasteiger partial charge on any atom is -0.493 e. The number of anilines is 1. The highest BCUT2D eigenvalue weighted by atomic mass is 16.7. The first-order chi connectivity index (χ1) is 14.5. The number of amides is 1. The quantitative estimate of drug-likeness (QED) is 0.404. The van der Waals surface area contributed by atoms with Crippen molar-refractivity contribution in [1.29, 1.82) is 0 Å². The third kappa shape index (κ3) is 5.16. The molecule has 0 atom stereocenters. The van der Waals surface area contributed by atoms with E-state index in [2.05, 4.69) is 5.32 Å². The normalized spacial score (nSPS) is 11.9. The standard InChI is InChI=1S/C22H21NO7/c1-3-27-18-7-5-4-6-15(18)8-9-22(26)28-12-21(25)23-17-11-20-19(29-13-30-20)10-16(17)14(2)24/h4-11H,3,12-13H2,1-2H3,(H,23,25)/b9-8+. The Kier molecular flexibility index (Phi) is 6.69. The maximum absolute atomic E-state index is 12.2. The molecule has 0 radical (unpaired) electrons. The lowest BCUT2D eigenvalue weighted by Gasteiger charge is -2.10. The maximum atomic E-state index is 12.2. The number of carbonyl (C=O) groups excluding carboxylic acids is 3. The van der Waals surface area contributed by atoms with E-state index < -0.39 is 18.5 Å². The van der Waals surface area contributed by atoms with E-state index in [-0.39, 0.29) is 23.8 Å². The second-order valence-corrected chi connectivity index (χ2v) is 6.27. The number of hydrogen-bond acceptors (Lipinski definition) is 7. The average Bonchev–Trinajstić information content (AvgIpc) is 3.18. The fraction of sp³-hybridized carbons (Fsp3) is 0.227. The molecule has 2 aromatic rings. The highest BCUT2D eigenvalue weighted by Gasteiger charge is 2.20. The zero-order chi connectivity index (χ0) is 21.5. The highest BCUT2D eigenvalue weighted by molar-refractivity contribution is 6.05. The minimum atomic E-state index is -0.686. The molecule has 0 bridgehead atoms. The molecule has 0 aliphatic carbocycles. The number of Topliss-reactive ketones (excluding diaryl/α,β-unsaturated/α-hetero) is 1. The predicted octanol–water partition coefficient (Wildman–Crippen LogP) is 3.21. The third-order valence-corrected chi connectivity index (χ3v) is 4.13. The van der Waals surface area contributed by atoms with E-state index >= 15 is 0 Å². The average molecular weight is 411 g/mol. The molecule has 0 aromatic heterocycles. The van der Waals surface area contributed by atoms with Crippen LogP contribution in [-0.4, -0.2) is 37.7 Å². The zero-order valence-corrected chi connectivity index (χ0v) is 16.6. The van der Waals surface area contributed by atoms with Gasteiger partial charge in [0.1, 0.15) is 5.75 Å². The van der Waals surface area contributed by atoms with Gasteiger partial charge in [-0.1, -0.05) is 18.2 Å². The number of fused-ring (bicyclic) bond motifs is 1. The number of nitrogens with one attached hydrogen (secondary N) is 1. The Hall–Kier alpha value is -3.81. The summed E-state index contributed by atoms with van der Waals surface area (Å²) in [6, 6.07) is 10.2. The van der Waals surface area contributed by atoms with Crippen molar-refractivity contribution in [2.75, 3.05) is 25.3 Å². The molecule has 30 heavy (non-hydrogen) atoms.